The van der Waals surface area contributed by atoms with E-state index in [0.717, 1.165) is 17.6 Å². The Morgan fingerprint density at radius 1 is 0.548 bits per heavy atom. The molecule has 1 aliphatic heterocycles. The summed E-state index contributed by atoms with van der Waals surface area (Å²) >= 11 is 0. The van der Waals surface area contributed by atoms with Crippen LogP contribution in [0.5, 0.6) is 0 Å². The second-order valence-electron chi connectivity index (χ2n) is 12.7. The third-order valence-electron chi connectivity index (χ3n) is 8.40. The lowest BCUT2D eigenvalue weighted by Gasteiger charge is -2.26. The quantitative estimate of drug-likeness (QED) is 0.155. The summed E-state index contributed by atoms with van der Waals surface area (Å²) in [6.07, 6.45) is 0. The van der Waals surface area contributed by atoms with Crippen molar-refractivity contribution in [3.8, 4) is 0 Å². The van der Waals surface area contributed by atoms with Crippen LogP contribution < -0.4 is 4.90 Å². The molecule has 0 aliphatic carbocycles. The first-order valence-corrected chi connectivity index (χ1v) is 15.5. The summed E-state index contributed by atoms with van der Waals surface area (Å²) in [5.74, 6) is 2.55. The van der Waals surface area contributed by atoms with Crippen molar-refractivity contribution in [3.05, 3.63) is 149 Å². The molecule has 2 nitrogen and oxygen atoms in total. The molecular weight excluding hydrogens is 508 g/mol. The van der Waals surface area contributed by atoms with Crippen molar-refractivity contribution in [2.45, 2.75) is 79.1 Å². The highest BCUT2D eigenvalue weighted by Crippen LogP contribution is 2.48. The van der Waals surface area contributed by atoms with Gasteiger partial charge in [-0.15, -0.1) is 12.1 Å². The molecule has 0 amide bonds. The first-order valence-electron chi connectivity index (χ1n) is 15.5. The summed E-state index contributed by atoms with van der Waals surface area (Å²) in [4.78, 5) is 2.48. The number of hydrogen-bond acceptors (Lipinski definition) is 1. The zero-order chi connectivity index (χ0) is 30.1. The fourth-order valence-electron chi connectivity index (χ4n) is 6.30. The summed E-state index contributed by atoms with van der Waals surface area (Å²) in [5, 5.41) is 0. The Bertz CT molecular complexity index is 1540. The SMILES string of the molecule is C=C1[C-](c2ccccc2)[N+](c2c(C(C)C)cccc2C(C)C)=C(c2ccccc2)N1c1c(C(C)C)cccc1C(C)C. The smallest absolute Gasteiger partial charge is 0.246 e. The van der Waals surface area contributed by atoms with E-state index in [-0.39, 0.29) is 0 Å². The van der Waals surface area contributed by atoms with Crippen LogP contribution in [-0.2, 0) is 0 Å². The summed E-state index contributed by atoms with van der Waals surface area (Å²) < 4.78 is 2.54. The highest BCUT2D eigenvalue weighted by atomic mass is 15.3. The number of benzene rings is 4. The predicted molar refractivity (Wildman–Crippen MR) is 180 cm³/mol. The molecule has 4 aromatic rings. The van der Waals surface area contributed by atoms with Gasteiger partial charge in [-0.05, 0) is 34.8 Å². The van der Waals surface area contributed by atoms with Crippen molar-refractivity contribution in [1.29, 1.82) is 0 Å². The molecule has 2 heteroatoms. The predicted octanol–water partition coefficient (Wildman–Crippen LogP) is 10.9. The molecule has 0 spiro atoms. The largest absolute Gasteiger partial charge is 0.268 e. The van der Waals surface area contributed by atoms with Crippen LogP contribution in [0.25, 0.3) is 0 Å². The molecule has 0 fully saturated rings. The van der Waals surface area contributed by atoms with E-state index in [9.17, 15) is 0 Å². The minimum Gasteiger partial charge on any atom is -0.268 e. The molecule has 0 aromatic heterocycles. The Labute approximate surface area is 254 Å². The van der Waals surface area contributed by atoms with Gasteiger partial charge in [0.05, 0.1) is 5.69 Å². The van der Waals surface area contributed by atoms with Gasteiger partial charge in [-0.2, -0.15) is 0 Å². The molecule has 42 heavy (non-hydrogen) atoms. The average Bonchev–Trinajstić information content (AvgIpc) is 3.28. The van der Waals surface area contributed by atoms with E-state index < -0.39 is 0 Å². The van der Waals surface area contributed by atoms with Crippen molar-refractivity contribution in [2.24, 2.45) is 0 Å². The van der Waals surface area contributed by atoms with Gasteiger partial charge in [-0.3, -0.25) is 4.58 Å². The zero-order valence-electron chi connectivity index (χ0n) is 26.6. The van der Waals surface area contributed by atoms with Gasteiger partial charge in [0.2, 0.25) is 5.84 Å². The summed E-state index contributed by atoms with van der Waals surface area (Å²) in [6, 6.07) is 36.5. The zero-order valence-corrected chi connectivity index (χ0v) is 26.6. The normalized spacial score (nSPS) is 14.0. The van der Waals surface area contributed by atoms with Crippen LogP contribution in [-0.4, -0.2) is 10.4 Å². The van der Waals surface area contributed by atoms with E-state index >= 15 is 0 Å². The van der Waals surface area contributed by atoms with Gasteiger partial charge in [0.15, 0.2) is 0 Å². The maximum absolute atomic E-state index is 4.90. The van der Waals surface area contributed by atoms with Gasteiger partial charge in [-0.25, -0.2) is 4.90 Å². The molecule has 1 heterocycles. The third-order valence-corrected chi connectivity index (χ3v) is 8.40. The summed E-state index contributed by atoms with van der Waals surface area (Å²) in [5.41, 5.74) is 11.2. The Kier molecular flexibility index (Phi) is 8.45. The summed E-state index contributed by atoms with van der Waals surface area (Å²) in [7, 11) is 0. The van der Waals surface area contributed by atoms with Crippen molar-refractivity contribution >= 4 is 17.2 Å². The van der Waals surface area contributed by atoms with Crippen molar-refractivity contribution < 1.29 is 4.58 Å². The molecule has 1 aliphatic rings. The van der Waals surface area contributed by atoms with Crippen molar-refractivity contribution in [1.82, 2.24) is 0 Å². The maximum atomic E-state index is 4.90. The molecule has 0 unspecified atom stereocenters. The second-order valence-corrected chi connectivity index (χ2v) is 12.7. The van der Waals surface area contributed by atoms with Crippen LogP contribution in [0, 0.1) is 6.04 Å². The van der Waals surface area contributed by atoms with E-state index in [1.807, 2.05) is 0 Å². The molecule has 216 valence electrons. The molecule has 0 N–H and O–H groups in total. The van der Waals surface area contributed by atoms with Crippen LogP contribution in [0.2, 0.25) is 0 Å². The number of para-hydroxylation sites is 2. The van der Waals surface area contributed by atoms with Crippen LogP contribution in [0.1, 0.15) is 112 Å². The van der Waals surface area contributed by atoms with Crippen molar-refractivity contribution in [3.63, 3.8) is 0 Å². The maximum Gasteiger partial charge on any atom is 0.246 e. The topological polar surface area (TPSA) is 6.25 Å². The van der Waals surface area contributed by atoms with Gasteiger partial charge in [-0.1, -0.05) is 152 Å². The number of rotatable bonds is 8. The van der Waals surface area contributed by atoms with E-state index in [0.29, 0.717) is 23.7 Å². The molecule has 0 bridgehead atoms. The molecule has 0 saturated carbocycles. The highest BCUT2D eigenvalue weighted by molar-refractivity contribution is 6.12. The Hall–Kier alpha value is -4.04. The molecule has 5 rings (SSSR count). The number of hydrogen-bond donors (Lipinski definition) is 0. The summed E-state index contributed by atoms with van der Waals surface area (Å²) in [6.45, 7) is 23.3. The molecule has 4 aromatic carbocycles. The third kappa shape index (κ3) is 5.20. The number of anilines is 1. The van der Waals surface area contributed by atoms with Gasteiger partial charge in [0.25, 0.3) is 0 Å². The van der Waals surface area contributed by atoms with Crippen LogP contribution >= 0.6 is 0 Å². The number of amidine groups is 1. The first kappa shape index (κ1) is 29.5. The lowest BCUT2D eigenvalue weighted by molar-refractivity contribution is -0.406. The van der Waals surface area contributed by atoms with Gasteiger partial charge >= 0.3 is 0 Å². The fourth-order valence-corrected chi connectivity index (χ4v) is 6.30. The molecule has 0 radical (unpaired) electrons. The van der Waals surface area contributed by atoms with E-state index in [4.69, 9.17) is 6.58 Å². The van der Waals surface area contributed by atoms with Crippen LogP contribution in [0.15, 0.2) is 109 Å². The van der Waals surface area contributed by atoms with Gasteiger partial charge in [0, 0.05) is 16.7 Å². The second kappa shape index (κ2) is 12.1. The fraction of sp³-hybridized carbons (Fsp3) is 0.300. The van der Waals surface area contributed by atoms with Crippen LogP contribution in [0.3, 0.4) is 0 Å². The molecule has 0 atom stereocenters. The molecule has 0 saturated heterocycles. The van der Waals surface area contributed by atoms with E-state index in [2.05, 4.69) is 162 Å². The minimum atomic E-state index is 0.351. The van der Waals surface area contributed by atoms with E-state index in [1.54, 1.807) is 0 Å². The Morgan fingerprint density at radius 2 is 0.976 bits per heavy atom. The Balaban J connectivity index is 2.01. The van der Waals surface area contributed by atoms with E-state index in [1.165, 1.54) is 44.8 Å². The lowest BCUT2D eigenvalue weighted by atomic mass is 9.90. The lowest BCUT2D eigenvalue weighted by Crippen LogP contribution is -2.31. The van der Waals surface area contributed by atoms with Crippen LogP contribution in [0.4, 0.5) is 11.4 Å². The highest BCUT2D eigenvalue weighted by Gasteiger charge is 2.45. The Morgan fingerprint density at radius 3 is 1.43 bits per heavy atom. The average molecular weight is 555 g/mol. The minimum absolute atomic E-state index is 0.351. The standard InChI is InChI=1S/C40H46N2/c1-26(2)33-22-16-23-34(27(3)4)38(33)41-30(9)37(31-18-12-10-13-19-31)42(40(41)32-20-14-11-15-21-32)39-35(28(5)6)24-17-25-36(39)29(7)8/h10-29H,9H2,1-8H3. The molecular formula is C40H46N2. The van der Waals surface area contributed by atoms with Gasteiger partial charge in [0.1, 0.15) is 17.4 Å². The van der Waals surface area contributed by atoms with Gasteiger partial charge < -0.3 is 0 Å². The first-order chi connectivity index (χ1) is 20.1. The van der Waals surface area contributed by atoms with Crippen molar-refractivity contribution in [2.75, 3.05) is 4.90 Å². The number of nitrogens with zero attached hydrogens (tertiary/aromatic N) is 2. The monoisotopic (exact) mass is 554 g/mol.